The minimum absolute atomic E-state index is 0.0490. The normalized spacial score (nSPS) is 56.8. The van der Waals surface area contributed by atoms with E-state index in [0.717, 1.165) is 0 Å². The molecule has 170 valence electrons. The first-order valence-electron chi connectivity index (χ1n) is 12.8. The summed E-state index contributed by atoms with van der Waals surface area (Å²) in [7, 11) is -4.91. The minimum atomic E-state index is -4.91. The largest absolute Gasteiger partial charge is 0.397 e. The lowest BCUT2D eigenvalue weighted by atomic mass is 9.44. The van der Waals surface area contributed by atoms with Crippen LogP contribution in [0.4, 0.5) is 0 Å². The van der Waals surface area contributed by atoms with Gasteiger partial charge in [-0.3, -0.25) is 14.1 Å². The number of fused-ring (bicyclic) bond motifs is 5. The monoisotopic (exact) mass is 449 g/mol. The zero-order chi connectivity index (χ0) is 26.6. The van der Waals surface area contributed by atoms with E-state index in [1.165, 1.54) is 0 Å². The topological polar surface area (TPSA) is 138 Å². The maximum absolute atomic E-state index is 13.7. The van der Waals surface area contributed by atoms with Crippen molar-refractivity contribution in [1.82, 2.24) is 0 Å². The highest BCUT2D eigenvalue weighted by atomic mass is 32.3. The number of carbonyl (C=O) groups excluding carboxylic acids is 2. The number of Topliss-reactive ketones (excluding diaryl/α,β-unsaturated/α-hetero) is 2. The fourth-order valence-electron chi connectivity index (χ4n) is 6.98. The number of aliphatic hydroxyl groups is 2. The highest BCUT2D eigenvalue weighted by molar-refractivity contribution is 7.80. The van der Waals surface area contributed by atoms with Crippen LogP contribution in [0, 0.1) is 34.5 Å². The molecule has 4 saturated carbocycles. The number of hydrogen-bond donors (Lipinski definition) is 3. The Balaban J connectivity index is 1.71. The van der Waals surface area contributed by atoms with Crippen molar-refractivity contribution in [1.29, 1.82) is 0 Å². The Morgan fingerprint density at radius 3 is 2.67 bits per heavy atom. The van der Waals surface area contributed by atoms with Crippen LogP contribution in [0.1, 0.15) is 72.0 Å². The molecule has 9 heteroatoms. The smallest absolute Gasteiger partial charge is 0.393 e. The molecule has 3 N–H and O–H groups in total. The third-order valence-electron chi connectivity index (χ3n) is 8.46. The zero-order valence-electron chi connectivity index (χ0n) is 22.1. The Bertz CT molecular complexity index is 1060. The second kappa shape index (κ2) is 7.07. The number of carbonyl (C=O) groups is 2. The minimum Gasteiger partial charge on any atom is -0.393 e. The van der Waals surface area contributed by atoms with Gasteiger partial charge in [0, 0.05) is 23.2 Å². The van der Waals surface area contributed by atoms with E-state index in [9.17, 15) is 28.2 Å². The van der Waals surface area contributed by atoms with Crippen LogP contribution in [0.15, 0.2) is 0 Å². The van der Waals surface area contributed by atoms with Crippen molar-refractivity contribution in [3.8, 4) is 0 Å². The van der Waals surface area contributed by atoms with Crippen LogP contribution < -0.4 is 0 Å². The lowest BCUT2D eigenvalue weighted by Crippen LogP contribution is -2.62. The summed E-state index contributed by atoms with van der Waals surface area (Å²) in [5.74, 6) is -3.80. The predicted molar refractivity (Wildman–Crippen MR) is 106 cm³/mol. The van der Waals surface area contributed by atoms with Gasteiger partial charge in [0.25, 0.3) is 0 Å². The van der Waals surface area contributed by atoms with Crippen molar-refractivity contribution in [2.75, 3.05) is 6.61 Å². The molecule has 0 aromatic heterocycles. The molecule has 8 atom stereocenters. The average molecular weight is 450 g/mol. The van der Waals surface area contributed by atoms with Gasteiger partial charge in [0.1, 0.15) is 18.0 Å². The maximum atomic E-state index is 13.7. The maximum Gasteiger partial charge on any atom is 0.397 e. The van der Waals surface area contributed by atoms with Gasteiger partial charge in [-0.2, -0.15) is 8.42 Å². The number of rotatable bonds is 4. The van der Waals surface area contributed by atoms with E-state index in [4.69, 9.17) is 11.4 Å². The Labute approximate surface area is 184 Å². The Morgan fingerprint density at radius 1 is 1.30 bits per heavy atom. The fourth-order valence-corrected chi connectivity index (χ4v) is 7.23. The van der Waals surface area contributed by atoms with Crippen LogP contribution in [0.5, 0.6) is 0 Å². The third kappa shape index (κ3) is 3.20. The number of hydrogen-bond acceptors (Lipinski definition) is 7. The summed E-state index contributed by atoms with van der Waals surface area (Å²) in [6, 6.07) is 0. The van der Waals surface area contributed by atoms with Gasteiger partial charge >= 0.3 is 10.4 Å². The molecule has 0 spiro atoms. The molecule has 8 nitrogen and oxygen atoms in total. The fraction of sp³-hybridized carbons (Fsp3) is 0.905. The van der Waals surface area contributed by atoms with Gasteiger partial charge in [0.2, 0.25) is 0 Å². The van der Waals surface area contributed by atoms with E-state index in [2.05, 4.69) is 4.18 Å². The van der Waals surface area contributed by atoms with E-state index < -0.39 is 75.8 Å². The van der Waals surface area contributed by atoms with E-state index in [1.807, 2.05) is 0 Å². The van der Waals surface area contributed by atoms with Crippen LogP contribution in [0.3, 0.4) is 0 Å². The van der Waals surface area contributed by atoms with Crippen LogP contribution in [0.25, 0.3) is 0 Å². The molecule has 0 amide bonds. The summed E-state index contributed by atoms with van der Waals surface area (Å²) in [6.07, 6.45) is -8.05. The Kier molecular flexibility index (Phi) is 3.94. The molecular weight excluding hydrogens is 412 g/mol. The molecule has 0 heterocycles. The summed E-state index contributed by atoms with van der Waals surface area (Å²) in [5.41, 5.74) is -4.52. The van der Waals surface area contributed by atoms with Crippen molar-refractivity contribution in [2.45, 2.75) is 76.8 Å². The van der Waals surface area contributed by atoms with Crippen molar-refractivity contribution in [2.24, 2.45) is 34.5 Å². The van der Waals surface area contributed by atoms with Crippen molar-refractivity contribution in [3.63, 3.8) is 0 Å². The van der Waals surface area contributed by atoms with Crippen molar-refractivity contribution >= 4 is 22.0 Å². The van der Waals surface area contributed by atoms with E-state index in [-0.39, 0.29) is 37.4 Å². The molecule has 0 aromatic carbocycles. The average Bonchev–Trinajstić information content (AvgIpc) is 2.95. The summed E-state index contributed by atoms with van der Waals surface area (Å²) in [5, 5.41) is 22.0. The van der Waals surface area contributed by atoms with Gasteiger partial charge in [-0.1, -0.05) is 13.8 Å². The first kappa shape index (κ1) is 16.7. The van der Waals surface area contributed by atoms with Crippen LogP contribution in [0.2, 0.25) is 0 Å². The van der Waals surface area contributed by atoms with Gasteiger partial charge in [-0.25, -0.2) is 4.18 Å². The van der Waals surface area contributed by atoms with Gasteiger partial charge in [0.15, 0.2) is 5.78 Å². The van der Waals surface area contributed by atoms with Crippen LogP contribution in [-0.2, 0) is 24.2 Å². The van der Waals surface area contributed by atoms with E-state index in [0.29, 0.717) is 12.8 Å². The highest BCUT2D eigenvalue weighted by Crippen LogP contribution is 2.67. The summed E-state index contributed by atoms with van der Waals surface area (Å²) >= 11 is 0. The van der Waals surface area contributed by atoms with Gasteiger partial charge in [0.05, 0.1) is 7.45 Å². The molecule has 4 fully saturated rings. The lowest BCUT2D eigenvalue weighted by Gasteiger charge is -2.60. The quantitative estimate of drug-likeness (QED) is 0.551. The number of ketones is 2. The SMILES string of the molecule is [2H]C1([2H])C[C@]2(C)[C@H]3C(=O)C[C@@]4(C)[C@@H](CC[C@]4(O)C(=O)COS(=O)(=O)O)[C@@H]3CC[C@H]2C([2H])([2H])[C@]1([2H])O. The van der Waals surface area contributed by atoms with Crippen LogP contribution >= 0.6 is 0 Å². The van der Waals surface area contributed by atoms with Crippen LogP contribution in [-0.4, -0.2) is 53.0 Å². The third-order valence-corrected chi connectivity index (χ3v) is 8.87. The van der Waals surface area contributed by atoms with E-state index >= 15 is 0 Å². The molecule has 0 aliphatic heterocycles. The molecule has 4 aliphatic rings. The van der Waals surface area contributed by atoms with Crippen molar-refractivity contribution < 1.29 is 43.8 Å². The molecule has 4 rings (SSSR count). The molecule has 0 bridgehead atoms. The first-order valence-corrected chi connectivity index (χ1v) is 11.6. The second-order valence-electron chi connectivity index (χ2n) is 9.80. The molecule has 0 saturated heterocycles. The van der Waals surface area contributed by atoms with Crippen molar-refractivity contribution in [3.05, 3.63) is 0 Å². The van der Waals surface area contributed by atoms with E-state index in [1.54, 1.807) is 13.8 Å². The summed E-state index contributed by atoms with van der Waals surface area (Å²) < 4.78 is 76.7. The van der Waals surface area contributed by atoms with Gasteiger partial charge in [-0.05, 0) is 68.0 Å². The molecule has 4 aliphatic carbocycles. The summed E-state index contributed by atoms with van der Waals surface area (Å²) in [4.78, 5) is 26.6. The standard InChI is InChI=1S/C21H32O8S/c1-19-7-5-13(22)9-12(19)3-4-14-15-6-8-21(25,17(24)11-29-30(26,27)28)20(15,2)10-16(23)18(14)19/h12-15,18,22,25H,3-11H2,1-2H3,(H,26,27,28)/t12-,13+,14-,15-,18+,19-,20-,21-/m0/s1/i5D2,9D2,13D. The Morgan fingerprint density at radius 2 is 2.00 bits per heavy atom. The molecule has 30 heavy (non-hydrogen) atoms. The zero-order valence-corrected chi connectivity index (χ0v) is 17.9. The highest BCUT2D eigenvalue weighted by Gasteiger charge is 2.69. The molecule has 0 aromatic rings. The second-order valence-corrected chi connectivity index (χ2v) is 10.9. The Hall–Kier alpha value is -0.870. The van der Waals surface area contributed by atoms with Gasteiger partial charge in [-0.15, -0.1) is 0 Å². The molecular formula is C21H32O8S. The molecule has 0 radical (unpaired) electrons. The van der Waals surface area contributed by atoms with Gasteiger partial charge < -0.3 is 10.2 Å². The summed E-state index contributed by atoms with van der Waals surface area (Å²) in [6.45, 7) is 2.16. The predicted octanol–water partition coefficient (Wildman–Crippen LogP) is 1.69. The lowest BCUT2D eigenvalue weighted by molar-refractivity contribution is -0.179. The molecule has 0 unspecified atom stereocenters. The first-order chi connectivity index (χ1) is 15.7.